The van der Waals surface area contributed by atoms with Crippen LogP contribution in [0.1, 0.15) is 18.4 Å². The van der Waals surface area contributed by atoms with Crippen molar-refractivity contribution < 1.29 is 27.2 Å². The van der Waals surface area contributed by atoms with E-state index in [4.69, 9.17) is 0 Å². The van der Waals surface area contributed by atoms with Gasteiger partial charge in [-0.25, -0.2) is 17.6 Å². The minimum atomic E-state index is -1.37. The highest BCUT2D eigenvalue weighted by Crippen LogP contribution is 2.17. The van der Waals surface area contributed by atoms with Gasteiger partial charge in [0.1, 0.15) is 0 Å². The zero-order valence-electron chi connectivity index (χ0n) is 10.3. The van der Waals surface area contributed by atoms with Crippen molar-refractivity contribution in [3.8, 4) is 0 Å². The van der Waals surface area contributed by atoms with Gasteiger partial charge in [-0.3, -0.25) is 14.5 Å². The van der Waals surface area contributed by atoms with Crippen molar-refractivity contribution in [3.05, 3.63) is 34.9 Å². The molecule has 104 valence electrons. The normalized spacial score (nSPS) is 14.5. The topological polar surface area (TPSA) is 37.4 Å². The molecule has 1 aromatic rings. The molecule has 0 bridgehead atoms. The van der Waals surface area contributed by atoms with E-state index < -0.39 is 28.8 Å². The van der Waals surface area contributed by atoms with E-state index in [0.29, 0.717) is 12.8 Å². The molecule has 3 nitrogen and oxygen atoms in total. The van der Waals surface area contributed by atoms with Crippen LogP contribution in [0.5, 0.6) is 0 Å². The summed E-state index contributed by atoms with van der Waals surface area (Å²) in [5.74, 6) is -5.55. The van der Waals surface area contributed by atoms with Crippen molar-refractivity contribution in [2.24, 2.45) is 0 Å². The third-order valence-electron chi connectivity index (χ3n) is 2.63. The van der Waals surface area contributed by atoms with E-state index in [1.54, 1.807) is 0 Å². The van der Waals surface area contributed by atoms with Crippen LogP contribution in [-0.2, 0) is 9.59 Å². The van der Waals surface area contributed by atoms with Crippen LogP contribution in [0.25, 0.3) is 0 Å². The van der Waals surface area contributed by atoms with Gasteiger partial charge in [-0.15, -0.1) is 0 Å². The predicted octanol–water partition coefficient (Wildman–Crippen LogP) is 2.32. The molecule has 1 aromatic carbocycles. The summed E-state index contributed by atoms with van der Waals surface area (Å²) in [5, 5.41) is 0. The number of hydrogen-bond donors (Lipinski definition) is 0. The van der Waals surface area contributed by atoms with E-state index in [0.717, 1.165) is 6.92 Å². The van der Waals surface area contributed by atoms with Gasteiger partial charge in [0, 0.05) is 31.5 Å². The fraction of sp³-hybridized carbons (Fsp3) is 0.333. The Labute approximate surface area is 106 Å². The standard InChI is InChI=1S/C7H4F4.C5H7NO2/c1-3-6(10)4(8)2-5(9)7(3)11;1-6-4(7)2-3-5(6)8/h2H,1H3;2-3H2,1H3. The summed E-state index contributed by atoms with van der Waals surface area (Å²) in [6.45, 7) is 0.969. The first-order valence-electron chi connectivity index (χ1n) is 5.34. The van der Waals surface area contributed by atoms with Gasteiger partial charge in [-0.05, 0) is 6.92 Å². The zero-order chi connectivity index (χ0) is 14.7. The summed E-state index contributed by atoms with van der Waals surface area (Å²) in [6.07, 6.45) is 0.796. The number of amides is 2. The second kappa shape index (κ2) is 5.81. The number of rotatable bonds is 0. The molecule has 0 unspecified atom stereocenters. The lowest BCUT2D eigenvalue weighted by molar-refractivity contribution is -0.136. The monoisotopic (exact) mass is 277 g/mol. The van der Waals surface area contributed by atoms with Gasteiger partial charge >= 0.3 is 0 Å². The maximum absolute atomic E-state index is 12.4. The summed E-state index contributed by atoms with van der Waals surface area (Å²) in [7, 11) is 1.51. The third-order valence-corrected chi connectivity index (χ3v) is 2.63. The summed E-state index contributed by atoms with van der Waals surface area (Å²) < 4.78 is 49.3. The van der Waals surface area contributed by atoms with E-state index in [2.05, 4.69) is 0 Å². The number of carbonyl (C=O) groups excluding carboxylic acids is 2. The minimum Gasteiger partial charge on any atom is -0.286 e. The largest absolute Gasteiger partial charge is 0.286 e. The Hall–Kier alpha value is -1.92. The predicted molar refractivity (Wildman–Crippen MR) is 58.0 cm³/mol. The number of likely N-dealkylation sites (tertiary alicyclic amines) is 1. The number of carbonyl (C=O) groups is 2. The molecule has 0 spiro atoms. The van der Waals surface area contributed by atoms with Crippen molar-refractivity contribution in [2.45, 2.75) is 19.8 Å². The maximum atomic E-state index is 12.4. The molecule has 0 atom stereocenters. The fourth-order valence-electron chi connectivity index (χ4n) is 1.38. The minimum absolute atomic E-state index is 0.0602. The van der Waals surface area contributed by atoms with Crippen molar-refractivity contribution in [1.82, 2.24) is 4.90 Å². The molecule has 2 amide bonds. The smallest absolute Gasteiger partial charge is 0.229 e. The van der Waals surface area contributed by atoms with Crippen molar-refractivity contribution in [3.63, 3.8) is 0 Å². The van der Waals surface area contributed by atoms with E-state index >= 15 is 0 Å². The molecule has 1 heterocycles. The quantitative estimate of drug-likeness (QED) is 0.414. The molecule has 0 aliphatic carbocycles. The summed E-state index contributed by atoms with van der Waals surface area (Å²) >= 11 is 0. The zero-order valence-corrected chi connectivity index (χ0v) is 10.3. The first-order valence-corrected chi connectivity index (χ1v) is 5.34. The highest BCUT2D eigenvalue weighted by Gasteiger charge is 2.24. The van der Waals surface area contributed by atoms with E-state index in [-0.39, 0.29) is 17.9 Å². The van der Waals surface area contributed by atoms with E-state index in [1.807, 2.05) is 0 Å². The van der Waals surface area contributed by atoms with Crippen molar-refractivity contribution in [1.29, 1.82) is 0 Å². The highest BCUT2D eigenvalue weighted by molar-refractivity contribution is 6.01. The first-order chi connectivity index (χ1) is 8.75. The first kappa shape index (κ1) is 15.1. The van der Waals surface area contributed by atoms with Gasteiger partial charge in [-0.1, -0.05) is 0 Å². The Morgan fingerprint density at radius 1 is 0.947 bits per heavy atom. The van der Waals surface area contributed by atoms with Crippen molar-refractivity contribution >= 4 is 11.8 Å². The molecule has 1 aliphatic rings. The van der Waals surface area contributed by atoms with Crippen molar-refractivity contribution in [2.75, 3.05) is 7.05 Å². The lowest BCUT2D eigenvalue weighted by Gasteiger charge is -2.01. The molecular formula is C12H11F4NO2. The molecule has 19 heavy (non-hydrogen) atoms. The molecule has 0 saturated carbocycles. The lowest BCUT2D eigenvalue weighted by atomic mass is 10.2. The average Bonchev–Trinajstić information content (AvgIpc) is 2.66. The van der Waals surface area contributed by atoms with Gasteiger partial charge in [0.25, 0.3) is 0 Å². The number of imide groups is 1. The molecular weight excluding hydrogens is 266 g/mol. The number of halogens is 4. The fourth-order valence-corrected chi connectivity index (χ4v) is 1.38. The second-order valence-corrected chi connectivity index (χ2v) is 3.94. The SMILES string of the molecule is CN1C(=O)CCC1=O.Cc1c(F)c(F)cc(F)c1F. The Balaban J connectivity index is 0.000000200. The molecule has 7 heteroatoms. The number of benzene rings is 1. The van der Waals surface area contributed by atoms with Crippen LogP contribution in [0.4, 0.5) is 17.6 Å². The molecule has 1 saturated heterocycles. The second-order valence-electron chi connectivity index (χ2n) is 3.94. The van der Waals surface area contributed by atoms with E-state index in [1.165, 1.54) is 11.9 Å². The molecule has 0 radical (unpaired) electrons. The number of nitrogens with zero attached hydrogens (tertiary/aromatic N) is 1. The molecule has 0 aromatic heterocycles. The molecule has 1 fully saturated rings. The molecule has 1 aliphatic heterocycles. The Morgan fingerprint density at radius 3 is 1.58 bits per heavy atom. The Kier molecular flexibility index (Phi) is 4.63. The van der Waals surface area contributed by atoms with Gasteiger partial charge in [0.2, 0.25) is 11.8 Å². The third kappa shape index (κ3) is 3.30. The number of hydrogen-bond acceptors (Lipinski definition) is 2. The van der Waals surface area contributed by atoms with Crippen LogP contribution in [-0.4, -0.2) is 23.8 Å². The van der Waals surface area contributed by atoms with Gasteiger partial charge in [0.15, 0.2) is 23.3 Å². The van der Waals surface area contributed by atoms with E-state index in [9.17, 15) is 27.2 Å². The Morgan fingerprint density at radius 2 is 1.32 bits per heavy atom. The van der Waals surface area contributed by atoms with Crippen LogP contribution < -0.4 is 0 Å². The van der Waals surface area contributed by atoms with Crippen LogP contribution in [0.2, 0.25) is 0 Å². The molecule has 0 N–H and O–H groups in total. The summed E-state index contributed by atoms with van der Waals surface area (Å²) in [4.78, 5) is 22.1. The van der Waals surface area contributed by atoms with Gasteiger partial charge < -0.3 is 0 Å². The van der Waals surface area contributed by atoms with Crippen LogP contribution in [0, 0.1) is 30.2 Å². The van der Waals surface area contributed by atoms with Crippen LogP contribution in [0.15, 0.2) is 6.07 Å². The highest BCUT2D eigenvalue weighted by atomic mass is 19.2. The lowest BCUT2D eigenvalue weighted by Crippen LogP contribution is -2.23. The van der Waals surface area contributed by atoms with Gasteiger partial charge in [0.05, 0.1) is 0 Å². The average molecular weight is 277 g/mol. The van der Waals surface area contributed by atoms with Gasteiger partial charge in [-0.2, -0.15) is 0 Å². The van der Waals surface area contributed by atoms with Crippen LogP contribution >= 0.6 is 0 Å². The summed E-state index contributed by atoms with van der Waals surface area (Å²) in [6, 6.07) is 0.178. The maximum Gasteiger partial charge on any atom is 0.229 e. The molecule has 2 rings (SSSR count). The van der Waals surface area contributed by atoms with Crippen LogP contribution in [0.3, 0.4) is 0 Å². The Bertz CT molecular complexity index is 489. The summed E-state index contributed by atoms with van der Waals surface area (Å²) in [5.41, 5.74) is -0.637.